The van der Waals surface area contributed by atoms with E-state index < -0.39 is 5.97 Å². The minimum absolute atomic E-state index is 0.520. The van der Waals surface area contributed by atoms with Crippen molar-refractivity contribution in [2.75, 3.05) is 6.61 Å². The van der Waals surface area contributed by atoms with E-state index in [0.29, 0.717) is 12.4 Å². The fourth-order valence-electron chi connectivity index (χ4n) is 1.30. The summed E-state index contributed by atoms with van der Waals surface area (Å²) in [6, 6.07) is 5.49. The Bertz CT molecular complexity index is 478. The zero-order valence-corrected chi connectivity index (χ0v) is 11.7. The molecule has 4 heteroatoms. The molecule has 1 aromatic rings. The number of hydrogen-bond acceptors (Lipinski definition) is 2. The standard InChI is InChI=1S/C14H15BrO3/c1-10(2)8-9-18-14-11(6-7-13(16)17)4-3-5-12(14)15/h3-7H,1,8-9H2,2H3,(H,16,17)/b7-6+. The molecule has 0 atom stereocenters. The second-order valence-corrected chi connectivity index (χ2v) is 4.74. The summed E-state index contributed by atoms with van der Waals surface area (Å²) in [5, 5.41) is 8.63. The second-order valence-electron chi connectivity index (χ2n) is 3.89. The molecule has 0 aliphatic rings. The van der Waals surface area contributed by atoms with Crippen molar-refractivity contribution >= 4 is 28.0 Å². The summed E-state index contributed by atoms with van der Waals surface area (Å²) in [7, 11) is 0. The highest BCUT2D eigenvalue weighted by molar-refractivity contribution is 9.10. The lowest BCUT2D eigenvalue weighted by Gasteiger charge is -2.11. The lowest BCUT2D eigenvalue weighted by molar-refractivity contribution is -0.131. The van der Waals surface area contributed by atoms with Gasteiger partial charge in [-0.3, -0.25) is 0 Å². The molecule has 0 aromatic heterocycles. The molecule has 0 aliphatic heterocycles. The number of ether oxygens (including phenoxy) is 1. The Morgan fingerprint density at radius 2 is 2.28 bits per heavy atom. The smallest absolute Gasteiger partial charge is 0.328 e. The first kappa shape index (κ1) is 14.5. The lowest BCUT2D eigenvalue weighted by atomic mass is 10.2. The number of aliphatic carboxylic acids is 1. The van der Waals surface area contributed by atoms with E-state index in [1.54, 1.807) is 6.07 Å². The van der Waals surface area contributed by atoms with Crippen LogP contribution < -0.4 is 4.74 Å². The van der Waals surface area contributed by atoms with Gasteiger partial charge in [-0.25, -0.2) is 4.79 Å². The van der Waals surface area contributed by atoms with Crippen LogP contribution >= 0.6 is 15.9 Å². The summed E-state index contributed by atoms with van der Waals surface area (Å²) in [5.41, 5.74) is 1.78. The SMILES string of the molecule is C=C(C)CCOc1c(Br)cccc1/C=C/C(=O)O. The van der Waals surface area contributed by atoms with E-state index in [0.717, 1.165) is 28.1 Å². The third kappa shape index (κ3) is 4.75. The molecule has 3 nitrogen and oxygen atoms in total. The summed E-state index contributed by atoms with van der Waals surface area (Å²) < 4.78 is 6.46. The summed E-state index contributed by atoms with van der Waals surface area (Å²) >= 11 is 3.39. The van der Waals surface area contributed by atoms with Crippen molar-refractivity contribution in [2.45, 2.75) is 13.3 Å². The Labute approximate surface area is 115 Å². The Kier molecular flexibility index (Phi) is 5.65. The molecule has 0 fully saturated rings. The molecular formula is C14H15BrO3. The summed E-state index contributed by atoms with van der Waals surface area (Å²) in [6.07, 6.45) is 3.37. The van der Waals surface area contributed by atoms with Gasteiger partial charge >= 0.3 is 5.97 Å². The summed E-state index contributed by atoms with van der Waals surface area (Å²) in [5.74, 6) is -0.334. The van der Waals surface area contributed by atoms with Crippen LogP contribution in [0.15, 0.2) is 40.9 Å². The van der Waals surface area contributed by atoms with Crippen LogP contribution in [0.1, 0.15) is 18.9 Å². The van der Waals surface area contributed by atoms with Crippen LogP contribution in [0.5, 0.6) is 5.75 Å². The number of carboxylic acids is 1. The lowest BCUT2D eigenvalue weighted by Crippen LogP contribution is -2.00. The molecule has 1 rings (SSSR count). The maximum absolute atomic E-state index is 10.5. The first-order valence-corrected chi connectivity index (χ1v) is 6.26. The van der Waals surface area contributed by atoms with Crippen LogP contribution in [-0.2, 0) is 4.79 Å². The highest BCUT2D eigenvalue weighted by Crippen LogP contribution is 2.30. The number of hydrogen-bond donors (Lipinski definition) is 1. The van der Waals surface area contributed by atoms with Crippen LogP contribution in [0.4, 0.5) is 0 Å². The number of carboxylic acid groups (broad SMARTS) is 1. The van der Waals surface area contributed by atoms with Gasteiger partial charge in [-0.2, -0.15) is 0 Å². The molecule has 0 bridgehead atoms. The molecule has 0 saturated carbocycles. The maximum atomic E-state index is 10.5. The van der Waals surface area contributed by atoms with Crippen molar-refractivity contribution < 1.29 is 14.6 Å². The van der Waals surface area contributed by atoms with E-state index in [-0.39, 0.29) is 0 Å². The Hall–Kier alpha value is -1.55. The van der Waals surface area contributed by atoms with Crippen molar-refractivity contribution in [3.05, 3.63) is 46.5 Å². The van der Waals surface area contributed by atoms with Gasteiger partial charge < -0.3 is 9.84 Å². The van der Waals surface area contributed by atoms with E-state index in [4.69, 9.17) is 9.84 Å². The maximum Gasteiger partial charge on any atom is 0.328 e. The van der Waals surface area contributed by atoms with E-state index in [9.17, 15) is 4.79 Å². The molecule has 1 aromatic carbocycles. The number of para-hydroxylation sites is 1. The average Bonchev–Trinajstić information content (AvgIpc) is 2.28. The molecule has 0 amide bonds. The van der Waals surface area contributed by atoms with Gasteiger partial charge in [0.05, 0.1) is 11.1 Å². The number of carbonyl (C=O) groups is 1. The van der Waals surface area contributed by atoms with Gasteiger partial charge in [-0.15, -0.1) is 6.58 Å². The van der Waals surface area contributed by atoms with Crippen LogP contribution in [-0.4, -0.2) is 17.7 Å². The molecule has 0 heterocycles. The van der Waals surface area contributed by atoms with E-state index in [1.807, 2.05) is 19.1 Å². The van der Waals surface area contributed by atoms with Gasteiger partial charge in [0.1, 0.15) is 5.75 Å². The number of rotatable bonds is 6. The fraction of sp³-hybridized carbons (Fsp3) is 0.214. The van der Waals surface area contributed by atoms with Crippen molar-refractivity contribution in [1.82, 2.24) is 0 Å². The van der Waals surface area contributed by atoms with Gasteiger partial charge in [0, 0.05) is 18.1 Å². The molecule has 0 aliphatic carbocycles. The van der Waals surface area contributed by atoms with Crippen molar-refractivity contribution in [1.29, 1.82) is 0 Å². The van der Waals surface area contributed by atoms with Gasteiger partial charge in [0.25, 0.3) is 0 Å². The highest BCUT2D eigenvalue weighted by Gasteiger charge is 2.06. The summed E-state index contributed by atoms with van der Waals surface area (Å²) in [6.45, 7) is 6.27. The van der Waals surface area contributed by atoms with Crippen LogP contribution in [0.3, 0.4) is 0 Å². The Morgan fingerprint density at radius 3 is 2.89 bits per heavy atom. The predicted octanol–water partition coefficient (Wildman–Crippen LogP) is 3.89. The molecule has 18 heavy (non-hydrogen) atoms. The average molecular weight is 311 g/mol. The van der Waals surface area contributed by atoms with Gasteiger partial charge in [-0.05, 0) is 35.0 Å². The Morgan fingerprint density at radius 1 is 1.56 bits per heavy atom. The molecule has 96 valence electrons. The number of halogens is 1. The molecule has 1 N–H and O–H groups in total. The normalized spacial score (nSPS) is 10.6. The monoisotopic (exact) mass is 310 g/mol. The summed E-state index contributed by atoms with van der Waals surface area (Å²) in [4.78, 5) is 10.5. The largest absolute Gasteiger partial charge is 0.491 e. The second kappa shape index (κ2) is 7.01. The minimum Gasteiger partial charge on any atom is -0.491 e. The van der Waals surface area contributed by atoms with E-state index in [1.165, 1.54) is 6.08 Å². The molecule has 0 spiro atoms. The predicted molar refractivity (Wildman–Crippen MR) is 75.7 cm³/mol. The fourth-order valence-corrected chi connectivity index (χ4v) is 1.79. The van der Waals surface area contributed by atoms with Crippen LogP contribution in [0.2, 0.25) is 0 Å². The van der Waals surface area contributed by atoms with Crippen molar-refractivity contribution in [2.24, 2.45) is 0 Å². The van der Waals surface area contributed by atoms with E-state index in [2.05, 4.69) is 22.5 Å². The van der Waals surface area contributed by atoms with Crippen molar-refractivity contribution in [3.63, 3.8) is 0 Å². The van der Waals surface area contributed by atoms with E-state index >= 15 is 0 Å². The first-order chi connectivity index (χ1) is 8.50. The molecular weight excluding hydrogens is 296 g/mol. The minimum atomic E-state index is -0.983. The zero-order chi connectivity index (χ0) is 13.5. The third-order valence-electron chi connectivity index (χ3n) is 2.18. The quantitative estimate of drug-likeness (QED) is 0.640. The third-order valence-corrected chi connectivity index (χ3v) is 2.80. The van der Waals surface area contributed by atoms with Gasteiger partial charge in [0.15, 0.2) is 0 Å². The zero-order valence-electron chi connectivity index (χ0n) is 10.1. The van der Waals surface area contributed by atoms with Gasteiger partial charge in [-0.1, -0.05) is 17.7 Å². The molecule has 0 radical (unpaired) electrons. The van der Waals surface area contributed by atoms with Crippen LogP contribution in [0, 0.1) is 0 Å². The van der Waals surface area contributed by atoms with Gasteiger partial charge in [0.2, 0.25) is 0 Å². The Balaban J connectivity index is 2.86. The topological polar surface area (TPSA) is 46.5 Å². The first-order valence-electron chi connectivity index (χ1n) is 5.47. The van der Waals surface area contributed by atoms with Crippen LogP contribution in [0.25, 0.3) is 6.08 Å². The highest BCUT2D eigenvalue weighted by atomic mass is 79.9. The molecule has 0 saturated heterocycles. The van der Waals surface area contributed by atoms with Crippen molar-refractivity contribution in [3.8, 4) is 5.75 Å². The number of benzene rings is 1. The molecule has 0 unspecified atom stereocenters.